The molecule has 17 heavy (non-hydrogen) atoms. The van der Waals surface area contributed by atoms with Gasteiger partial charge in [-0.15, -0.1) is 0 Å². The Hall–Kier alpha value is -0.950. The number of nitrogens with zero attached hydrogens (tertiary/aromatic N) is 3. The Kier molecular flexibility index (Phi) is 2.42. The van der Waals surface area contributed by atoms with Crippen molar-refractivity contribution < 1.29 is 4.79 Å². The molecule has 2 rings (SSSR count). The summed E-state index contributed by atoms with van der Waals surface area (Å²) in [6.07, 6.45) is 0. The molecule has 0 radical (unpaired) electrons. The van der Waals surface area contributed by atoms with Crippen LogP contribution in [-0.4, -0.2) is 56.3 Å². The number of likely N-dealkylation sites (N-methyl/N-ethyl adjacent to an activating group) is 2. The Labute approximate surface area is 112 Å². The molecule has 2 saturated heterocycles. The summed E-state index contributed by atoms with van der Waals surface area (Å²) in [6, 6.07) is 0. The van der Waals surface area contributed by atoms with E-state index < -0.39 is 11.3 Å². The van der Waals surface area contributed by atoms with Gasteiger partial charge < -0.3 is 15.1 Å². The van der Waals surface area contributed by atoms with Crippen molar-refractivity contribution >= 4 is 40.6 Å². The third-order valence-electron chi connectivity index (χ3n) is 4.12. The highest BCUT2D eigenvalue weighted by atomic mass is 32.1. The lowest BCUT2D eigenvalue weighted by molar-refractivity contribution is -0.130. The van der Waals surface area contributed by atoms with Crippen molar-refractivity contribution in [3.05, 3.63) is 0 Å². The van der Waals surface area contributed by atoms with Gasteiger partial charge >= 0.3 is 0 Å². The lowest BCUT2D eigenvalue weighted by Crippen LogP contribution is -2.63. The number of fused-ring (bicyclic) bond motifs is 1. The van der Waals surface area contributed by atoms with E-state index in [0.29, 0.717) is 10.2 Å². The van der Waals surface area contributed by atoms with Gasteiger partial charge in [-0.3, -0.25) is 9.69 Å². The first-order chi connectivity index (χ1) is 7.68. The molecule has 5 nitrogen and oxygen atoms in total. The van der Waals surface area contributed by atoms with Crippen LogP contribution in [0.3, 0.4) is 0 Å². The van der Waals surface area contributed by atoms with E-state index in [1.54, 1.807) is 4.90 Å². The van der Waals surface area contributed by atoms with Crippen LogP contribution in [0.2, 0.25) is 0 Å². The first kappa shape index (κ1) is 12.5. The third-order valence-corrected chi connectivity index (χ3v) is 4.96. The summed E-state index contributed by atoms with van der Waals surface area (Å²) >= 11 is 10.6. The zero-order chi connectivity index (χ0) is 13.2. The van der Waals surface area contributed by atoms with Gasteiger partial charge in [0.15, 0.2) is 21.6 Å². The Morgan fingerprint density at radius 1 is 1.24 bits per heavy atom. The number of rotatable bonds is 0. The second-order valence-corrected chi connectivity index (χ2v) is 5.53. The second-order valence-electron chi connectivity index (χ2n) is 4.78. The molecular weight excluding hydrogens is 256 g/mol. The minimum absolute atomic E-state index is 0.0846. The highest BCUT2D eigenvalue weighted by Crippen LogP contribution is 2.44. The van der Waals surface area contributed by atoms with Crippen LogP contribution in [0.4, 0.5) is 0 Å². The first-order valence-corrected chi connectivity index (χ1v) is 6.14. The van der Waals surface area contributed by atoms with Crippen LogP contribution >= 0.6 is 24.4 Å². The standard InChI is InChI=1S/C10H16N4OS2/c1-6(15)14-8(17)13(5)10(3)9(14,2)11-7(16)12(10)4/h1-5H3,(H,11,16)/t9-,10+/m0/s1. The van der Waals surface area contributed by atoms with E-state index >= 15 is 0 Å². The summed E-state index contributed by atoms with van der Waals surface area (Å²) < 4.78 is 0. The number of amides is 1. The van der Waals surface area contributed by atoms with Gasteiger partial charge in [0.2, 0.25) is 5.91 Å². The Balaban J connectivity index is 2.63. The normalized spacial score (nSPS) is 36.4. The summed E-state index contributed by atoms with van der Waals surface area (Å²) in [5, 5.41) is 4.35. The van der Waals surface area contributed by atoms with Crippen LogP contribution in [0.25, 0.3) is 0 Å². The summed E-state index contributed by atoms with van der Waals surface area (Å²) in [4.78, 5) is 17.3. The fraction of sp³-hybridized carbons (Fsp3) is 0.700. The first-order valence-electron chi connectivity index (χ1n) is 5.32. The van der Waals surface area contributed by atoms with Crippen molar-refractivity contribution in [2.75, 3.05) is 14.1 Å². The van der Waals surface area contributed by atoms with Crippen LogP contribution in [0.15, 0.2) is 0 Å². The molecule has 2 heterocycles. The minimum Gasteiger partial charge on any atom is -0.336 e. The lowest BCUT2D eigenvalue weighted by Gasteiger charge is -2.41. The number of thiocarbonyl (C=S) groups is 2. The molecule has 1 N–H and O–H groups in total. The third kappa shape index (κ3) is 1.16. The van der Waals surface area contributed by atoms with E-state index in [2.05, 4.69) is 5.32 Å². The minimum atomic E-state index is -0.628. The van der Waals surface area contributed by atoms with Crippen LogP contribution in [0.1, 0.15) is 20.8 Å². The molecule has 0 unspecified atom stereocenters. The highest BCUT2D eigenvalue weighted by Gasteiger charge is 2.67. The summed E-state index contributed by atoms with van der Waals surface area (Å²) in [7, 11) is 3.79. The van der Waals surface area contributed by atoms with E-state index in [4.69, 9.17) is 24.4 Å². The molecule has 2 aliphatic rings. The van der Waals surface area contributed by atoms with Gasteiger partial charge in [-0.25, -0.2) is 0 Å². The fourth-order valence-electron chi connectivity index (χ4n) is 2.73. The molecule has 7 heteroatoms. The van der Waals surface area contributed by atoms with Crippen molar-refractivity contribution in [1.82, 2.24) is 20.0 Å². The number of carbonyl (C=O) groups excluding carboxylic acids is 1. The molecule has 0 aromatic heterocycles. The summed E-state index contributed by atoms with van der Waals surface area (Å²) in [5.74, 6) is -0.0846. The summed E-state index contributed by atoms with van der Waals surface area (Å²) in [6.45, 7) is 5.48. The maximum Gasteiger partial charge on any atom is 0.227 e. The molecule has 2 fully saturated rings. The van der Waals surface area contributed by atoms with Gasteiger partial charge in [-0.2, -0.15) is 0 Å². The van der Waals surface area contributed by atoms with Crippen molar-refractivity contribution in [2.24, 2.45) is 0 Å². The maximum atomic E-state index is 11.8. The van der Waals surface area contributed by atoms with Crippen molar-refractivity contribution in [3.8, 4) is 0 Å². The van der Waals surface area contributed by atoms with Crippen LogP contribution in [0.5, 0.6) is 0 Å². The Morgan fingerprint density at radius 2 is 1.76 bits per heavy atom. The van der Waals surface area contributed by atoms with E-state index in [0.717, 1.165) is 0 Å². The van der Waals surface area contributed by atoms with Gasteiger partial charge in [-0.1, -0.05) is 0 Å². The van der Waals surface area contributed by atoms with E-state index in [1.807, 2.05) is 37.7 Å². The molecule has 0 aliphatic carbocycles. The zero-order valence-electron chi connectivity index (χ0n) is 10.6. The average molecular weight is 272 g/mol. The van der Waals surface area contributed by atoms with Gasteiger partial charge in [0, 0.05) is 21.0 Å². The smallest absolute Gasteiger partial charge is 0.227 e. The van der Waals surface area contributed by atoms with Crippen LogP contribution in [-0.2, 0) is 4.79 Å². The quantitative estimate of drug-likeness (QED) is 0.640. The van der Waals surface area contributed by atoms with E-state index in [1.165, 1.54) is 6.92 Å². The van der Waals surface area contributed by atoms with Gasteiger partial charge in [0.25, 0.3) is 0 Å². The highest BCUT2D eigenvalue weighted by molar-refractivity contribution is 7.80. The lowest BCUT2D eigenvalue weighted by atomic mass is 9.97. The maximum absolute atomic E-state index is 11.8. The van der Waals surface area contributed by atoms with Gasteiger partial charge in [-0.05, 0) is 38.3 Å². The number of nitrogens with one attached hydrogen (secondary N) is 1. The Bertz CT molecular complexity index is 440. The monoisotopic (exact) mass is 272 g/mol. The molecule has 2 atom stereocenters. The SMILES string of the molecule is CC(=O)N1C(=S)N(C)[C@@]2(C)N(C)C(=S)N[C@@]12C. The van der Waals surface area contributed by atoms with Crippen LogP contribution < -0.4 is 5.32 Å². The van der Waals surface area contributed by atoms with E-state index in [-0.39, 0.29) is 5.91 Å². The Morgan fingerprint density at radius 3 is 2.24 bits per heavy atom. The predicted molar refractivity (Wildman–Crippen MR) is 73.2 cm³/mol. The van der Waals surface area contributed by atoms with Gasteiger partial charge in [0.1, 0.15) is 0 Å². The average Bonchev–Trinajstić information content (AvgIpc) is 2.47. The largest absolute Gasteiger partial charge is 0.336 e. The molecule has 1 amide bonds. The molecular formula is C10H16N4OS2. The molecule has 0 aromatic rings. The van der Waals surface area contributed by atoms with Crippen molar-refractivity contribution in [1.29, 1.82) is 0 Å². The molecule has 0 aromatic carbocycles. The number of carbonyl (C=O) groups is 1. The molecule has 94 valence electrons. The number of hydrogen-bond acceptors (Lipinski definition) is 3. The van der Waals surface area contributed by atoms with Crippen LogP contribution in [0, 0.1) is 0 Å². The second kappa shape index (κ2) is 3.29. The summed E-state index contributed by atoms with van der Waals surface area (Å²) in [5.41, 5.74) is -1.09. The molecule has 0 bridgehead atoms. The van der Waals surface area contributed by atoms with Crippen molar-refractivity contribution in [2.45, 2.75) is 32.1 Å². The van der Waals surface area contributed by atoms with Crippen molar-refractivity contribution in [3.63, 3.8) is 0 Å². The van der Waals surface area contributed by atoms with Gasteiger partial charge in [0.05, 0.1) is 0 Å². The zero-order valence-corrected chi connectivity index (χ0v) is 12.2. The topological polar surface area (TPSA) is 38.8 Å². The molecule has 2 aliphatic heterocycles. The molecule has 0 saturated carbocycles. The predicted octanol–water partition coefficient (Wildman–Crippen LogP) is 0.318. The van der Waals surface area contributed by atoms with E-state index in [9.17, 15) is 4.79 Å². The molecule has 0 spiro atoms. The number of hydrogen-bond donors (Lipinski definition) is 1. The fourth-order valence-corrected chi connectivity index (χ4v) is 3.60.